The van der Waals surface area contributed by atoms with Gasteiger partial charge in [0.1, 0.15) is 0 Å². The predicted molar refractivity (Wildman–Crippen MR) is 105 cm³/mol. The molecule has 0 spiro atoms. The van der Waals surface area contributed by atoms with E-state index in [4.69, 9.17) is 0 Å². The third-order valence-electron chi connectivity index (χ3n) is 3.48. The van der Waals surface area contributed by atoms with Crippen LogP contribution in [0.2, 0.25) is 0 Å². The lowest BCUT2D eigenvalue weighted by Crippen LogP contribution is -2.39. The van der Waals surface area contributed by atoms with E-state index in [9.17, 15) is 4.79 Å². The maximum atomic E-state index is 11.9. The summed E-state index contributed by atoms with van der Waals surface area (Å²) in [6, 6.07) is 9.27. The number of carbonyl (C=O) groups is 1. The molecule has 5 nitrogen and oxygen atoms in total. The molecule has 0 saturated heterocycles. The minimum atomic E-state index is -0.0297. The molecule has 134 valence electrons. The highest BCUT2D eigenvalue weighted by molar-refractivity contribution is 7.99. The summed E-state index contributed by atoms with van der Waals surface area (Å²) in [5, 5.41) is 9.48. The van der Waals surface area contributed by atoms with Crippen LogP contribution in [0.4, 0.5) is 0 Å². The van der Waals surface area contributed by atoms with Gasteiger partial charge in [0.05, 0.1) is 6.54 Å². The fourth-order valence-electron chi connectivity index (χ4n) is 1.86. The first-order valence-corrected chi connectivity index (χ1v) is 9.61. The highest BCUT2D eigenvalue weighted by Crippen LogP contribution is 2.20. The van der Waals surface area contributed by atoms with Gasteiger partial charge >= 0.3 is 0 Å². The highest BCUT2D eigenvalue weighted by atomic mass is 32.2. The van der Waals surface area contributed by atoms with E-state index in [0.29, 0.717) is 12.1 Å². The van der Waals surface area contributed by atoms with Crippen LogP contribution in [0.25, 0.3) is 0 Å². The maximum absolute atomic E-state index is 11.9. The molecule has 0 aliphatic carbocycles. The zero-order chi connectivity index (χ0) is 17.8. The molecule has 0 aliphatic heterocycles. The van der Waals surface area contributed by atoms with Gasteiger partial charge in [-0.1, -0.05) is 18.2 Å². The van der Waals surface area contributed by atoms with Crippen molar-refractivity contribution < 1.29 is 4.79 Å². The number of aliphatic imine (C=N–C) groups is 1. The number of rotatable bonds is 9. The summed E-state index contributed by atoms with van der Waals surface area (Å²) in [6.07, 6.45) is 2.94. The van der Waals surface area contributed by atoms with Gasteiger partial charge in [0, 0.05) is 29.9 Å². The van der Waals surface area contributed by atoms with E-state index in [-0.39, 0.29) is 10.7 Å². The van der Waals surface area contributed by atoms with Crippen molar-refractivity contribution >= 4 is 23.6 Å². The van der Waals surface area contributed by atoms with Crippen LogP contribution in [-0.2, 0) is 0 Å². The fourth-order valence-corrected chi connectivity index (χ4v) is 2.06. The molecule has 0 radical (unpaired) electrons. The predicted octanol–water partition coefficient (Wildman–Crippen LogP) is 2.50. The van der Waals surface area contributed by atoms with Gasteiger partial charge in [0.25, 0.3) is 5.91 Å². The first-order valence-electron chi connectivity index (χ1n) is 8.39. The van der Waals surface area contributed by atoms with Crippen LogP contribution in [-0.4, -0.2) is 49.0 Å². The number of nitrogens with zero attached hydrogens (tertiary/aromatic N) is 1. The Hall–Kier alpha value is -1.69. The number of amides is 1. The van der Waals surface area contributed by atoms with Crippen LogP contribution in [0.3, 0.4) is 0 Å². The average molecular weight is 351 g/mol. The summed E-state index contributed by atoms with van der Waals surface area (Å²) in [7, 11) is 0. The lowest BCUT2D eigenvalue weighted by atomic mass is 10.2. The second kappa shape index (κ2) is 11.0. The lowest BCUT2D eigenvalue weighted by molar-refractivity contribution is 0.0953. The molecule has 6 heteroatoms. The first kappa shape index (κ1) is 20.4. The molecule has 0 fully saturated rings. The second-order valence-electron chi connectivity index (χ2n) is 6.06. The minimum absolute atomic E-state index is 0.0297. The van der Waals surface area contributed by atoms with Crippen molar-refractivity contribution in [2.45, 2.75) is 31.9 Å². The van der Waals surface area contributed by atoms with E-state index in [1.165, 1.54) is 0 Å². The molecular weight excluding hydrogens is 320 g/mol. The Morgan fingerprint density at radius 3 is 2.42 bits per heavy atom. The van der Waals surface area contributed by atoms with Crippen LogP contribution in [0.5, 0.6) is 0 Å². The topological polar surface area (TPSA) is 65.5 Å². The van der Waals surface area contributed by atoms with Crippen molar-refractivity contribution in [1.82, 2.24) is 16.0 Å². The Morgan fingerprint density at radius 1 is 1.12 bits per heavy atom. The number of hydrogen-bond donors (Lipinski definition) is 3. The summed E-state index contributed by atoms with van der Waals surface area (Å²) in [5.41, 5.74) is 0.694. The molecule has 24 heavy (non-hydrogen) atoms. The summed E-state index contributed by atoms with van der Waals surface area (Å²) >= 11 is 1.81. The molecule has 1 aromatic carbocycles. The van der Waals surface area contributed by atoms with E-state index in [0.717, 1.165) is 32.0 Å². The van der Waals surface area contributed by atoms with E-state index in [2.05, 4.69) is 48.0 Å². The third-order valence-corrected chi connectivity index (χ3v) is 4.72. The first-order chi connectivity index (χ1) is 11.5. The van der Waals surface area contributed by atoms with Gasteiger partial charge in [-0.15, -0.1) is 0 Å². The van der Waals surface area contributed by atoms with Crippen LogP contribution in [0, 0.1) is 0 Å². The van der Waals surface area contributed by atoms with E-state index in [1.807, 2.05) is 42.1 Å². The van der Waals surface area contributed by atoms with E-state index in [1.54, 1.807) is 0 Å². The van der Waals surface area contributed by atoms with Gasteiger partial charge in [-0.25, -0.2) is 0 Å². The number of guanidine groups is 1. The van der Waals surface area contributed by atoms with Crippen LogP contribution >= 0.6 is 11.8 Å². The third kappa shape index (κ3) is 8.24. The Bertz CT molecular complexity index is 517. The number of hydrogen-bond acceptors (Lipinski definition) is 3. The zero-order valence-corrected chi connectivity index (χ0v) is 16.0. The molecule has 0 heterocycles. The Balaban J connectivity index is 2.30. The van der Waals surface area contributed by atoms with Gasteiger partial charge in [-0.2, -0.15) is 11.8 Å². The molecule has 3 N–H and O–H groups in total. The zero-order valence-electron chi connectivity index (χ0n) is 15.2. The smallest absolute Gasteiger partial charge is 0.251 e. The lowest BCUT2D eigenvalue weighted by Gasteiger charge is -2.20. The van der Waals surface area contributed by atoms with Crippen molar-refractivity contribution in [3.8, 4) is 0 Å². The van der Waals surface area contributed by atoms with Crippen molar-refractivity contribution in [1.29, 1.82) is 0 Å². The van der Waals surface area contributed by atoms with Crippen LogP contribution < -0.4 is 16.0 Å². The normalized spacial score (nSPS) is 11.9. The van der Waals surface area contributed by atoms with Gasteiger partial charge in [-0.05, 0) is 45.6 Å². The molecule has 0 aromatic heterocycles. The van der Waals surface area contributed by atoms with E-state index < -0.39 is 0 Å². The number of benzene rings is 1. The van der Waals surface area contributed by atoms with Crippen molar-refractivity contribution in [2.24, 2.45) is 4.99 Å². The quantitative estimate of drug-likeness (QED) is 0.364. The fraction of sp³-hybridized carbons (Fsp3) is 0.556. The monoisotopic (exact) mass is 350 g/mol. The standard InChI is InChI=1S/C18H30N4OS/c1-5-19-17(22-14-18(2,3)24-4)21-13-9-12-20-16(23)15-10-7-6-8-11-15/h6-8,10-11H,5,9,12-14H2,1-4H3,(H,20,23)(H2,19,21,22). The Morgan fingerprint density at radius 2 is 1.79 bits per heavy atom. The molecule has 0 bridgehead atoms. The van der Waals surface area contributed by atoms with Crippen LogP contribution in [0.15, 0.2) is 35.3 Å². The Kier molecular flexibility index (Phi) is 9.30. The average Bonchev–Trinajstić information content (AvgIpc) is 2.60. The summed E-state index contributed by atoms with van der Waals surface area (Å²) in [5.74, 6) is 0.798. The summed E-state index contributed by atoms with van der Waals surface area (Å²) in [6.45, 7) is 9.41. The Labute approximate surface area is 150 Å². The maximum Gasteiger partial charge on any atom is 0.251 e. The van der Waals surface area contributed by atoms with Gasteiger partial charge in [0.2, 0.25) is 0 Å². The molecule has 1 rings (SSSR count). The molecule has 1 aromatic rings. The molecule has 0 aliphatic rings. The number of thioether (sulfide) groups is 1. The minimum Gasteiger partial charge on any atom is -0.357 e. The van der Waals surface area contributed by atoms with Crippen molar-refractivity contribution in [3.05, 3.63) is 35.9 Å². The molecule has 0 saturated carbocycles. The van der Waals surface area contributed by atoms with Gasteiger partial charge in [0.15, 0.2) is 5.96 Å². The SMILES string of the molecule is CCNC(=NCC(C)(C)SC)NCCCNC(=O)c1ccccc1. The summed E-state index contributed by atoms with van der Waals surface area (Å²) in [4.78, 5) is 16.5. The van der Waals surface area contributed by atoms with Crippen molar-refractivity contribution in [3.63, 3.8) is 0 Å². The van der Waals surface area contributed by atoms with E-state index >= 15 is 0 Å². The second-order valence-corrected chi connectivity index (χ2v) is 7.57. The van der Waals surface area contributed by atoms with Crippen LogP contribution in [0.1, 0.15) is 37.6 Å². The van der Waals surface area contributed by atoms with Crippen molar-refractivity contribution in [2.75, 3.05) is 32.4 Å². The highest BCUT2D eigenvalue weighted by Gasteiger charge is 2.15. The molecular formula is C18H30N4OS. The number of carbonyl (C=O) groups excluding carboxylic acids is 1. The van der Waals surface area contributed by atoms with Gasteiger partial charge < -0.3 is 16.0 Å². The van der Waals surface area contributed by atoms with Gasteiger partial charge in [-0.3, -0.25) is 9.79 Å². The molecule has 1 amide bonds. The molecule has 0 atom stereocenters. The number of nitrogens with one attached hydrogen (secondary N) is 3. The largest absolute Gasteiger partial charge is 0.357 e. The molecule has 0 unspecified atom stereocenters. The summed E-state index contributed by atoms with van der Waals surface area (Å²) < 4.78 is 0.131.